The number of Topliss-reactive ketones (excluding diaryl/α,β-unsaturated/α-hetero) is 1. The lowest BCUT2D eigenvalue weighted by Gasteiger charge is -2.18. The number of aromatic nitrogens is 2. The summed E-state index contributed by atoms with van der Waals surface area (Å²) in [5.41, 5.74) is -3.72. The van der Waals surface area contributed by atoms with Gasteiger partial charge in [0.1, 0.15) is 25.3 Å². The number of carbonyl (C=O) groups is 3. The SMILES string of the molecule is CCOC(=O)c1nn(CC(=O)c2ccc3c(c2)OCCO3)c(C(=O)OCC)c1C(F)(F)F. The van der Waals surface area contributed by atoms with Crippen LogP contribution in [0.3, 0.4) is 0 Å². The molecular formula is C20H19F3N2O7. The van der Waals surface area contributed by atoms with Crippen LogP contribution in [0.4, 0.5) is 13.2 Å². The second-order valence-corrected chi connectivity index (χ2v) is 6.45. The molecule has 172 valence electrons. The lowest BCUT2D eigenvalue weighted by Crippen LogP contribution is -2.22. The molecule has 0 amide bonds. The molecule has 32 heavy (non-hydrogen) atoms. The monoisotopic (exact) mass is 456 g/mol. The number of halogens is 3. The molecule has 0 aliphatic carbocycles. The predicted octanol–water partition coefficient (Wildman–Crippen LogP) is 2.91. The minimum absolute atomic E-state index is 0.0887. The summed E-state index contributed by atoms with van der Waals surface area (Å²) in [5.74, 6) is -2.72. The molecule has 0 unspecified atom stereocenters. The largest absolute Gasteiger partial charge is 0.486 e. The highest BCUT2D eigenvalue weighted by Crippen LogP contribution is 2.36. The average molecular weight is 456 g/mol. The second-order valence-electron chi connectivity index (χ2n) is 6.45. The Morgan fingerprint density at radius 3 is 2.28 bits per heavy atom. The molecule has 0 fully saturated rings. The number of esters is 2. The topological polar surface area (TPSA) is 106 Å². The first-order valence-electron chi connectivity index (χ1n) is 9.62. The Morgan fingerprint density at radius 1 is 1.03 bits per heavy atom. The molecular weight excluding hydrogens is 437 g/mol. The van der Waals surface area contributed by atoms with E-state index in [1.54, 1.807) is 0 Å². The number of hydrogen-bond acceptors (Lipinski definition) is 8. The minimum Gasteiger partial charge on any atom is -0.486 e. The standard InChI is InChI=1S/C20H19F3N2O7/c1-3-29-18(27)16-15(20(21,22)23)17(19(28)30-4-2)25(24-16)10-12(26)11-5-6-13-14(9-11)32-8-7-31-13/h5-6,9H,3-4,7-8,10H2,1-2H3. The van der Waals surface area contributed by atoms with Crippen LogP contribution in [-0.4, -0.2) is 53.9 Å². The number of benzene rings is 1. The van der Waals surface area contributed by atoms with Crippen molar-refractivity contribution >= 4 is 17.7 Å². The van der Waals surface area contributed by atoms with Crippen molar-refractivity contribution in [2.75, 3.05) is 26.4 Å². The molecule has 0 spiro atoms. The van der Waals surface area contributed by atoms with Gasteiger partial charge in [-0.05, 0) is 32.0 Å². The van der Waals surface area contributed by atoms with Crippen LogP contribution in [0.15, 0.2) is 18.2 Å². The number of hydrogen-bond donors (Lipinski definition) is 0. The molecule has 9 nitrogen and oxygen atoms in total. The normalized spacial score (nSPS) is 12.9. The van der Waals surface area contributed by atoms with E-state index in [2.05, 4.69) is 9.84 Å². The van der Waals surface area contributed by atoms with E-state index >= 15 is 0 Å². The number of carbonyl (C=O) groups excluding carboxylic acids is 3. The van der Waals surface area contributed by atoms with Crippen LogP contribution in [0, 0.1) is 0 Å². The van der Waals surface area contributed by atoms with Gasteiger partial charge in [-0.1, -0.05) is 0 Å². The Hall–Kier alpha value is -3.57. The molecule has 12 heteroatoms. The maximum Gasteiger partial charge on any atom is 0.421 e. The third kappa shape index (κ3) is 4.68. The van der Waals surface area contributed by atoms with E-state index in [0.717, 1.165) is 0 Å². The Balaban J connectivity index is 2.05. The molecule has 1 aromatic heterocycles. The van der Waals surface area contributed by atoms with E-state index in [1.807, 2.05) is 0 Å². The summed E-state index contributed by atoms with van der Waals surface area (Å²) in [4.78, 5) is 37.3. The molecule has 1 aliphatic rings. The molecule has 0 N–H and O–H groups in total. The fraction of sp³-hybridized carbons (Fsp3) is 0.400. The molecule has 0 radical (unpaired) electrons. The van der Waals surface area contributed by atoms with Gasteiger partial charge in [-0.15, -0.1) is 0 Å². The summed E-state index contributed by atoms with van der Waals surface area (Å²) in [6.45, 7) is 2.20. The van der Waals surface area contributed by atoms with Gasteiger partial charge in [0, 0.05) is 5.56 Å². The molecule has 2 aromatic rings. The van der Waals surface area contributed by atoms with Crippen molar-refractivity contribution in [1.82, 2.24) is 9.78 Å². The fourth-order valence-electron chi connectivity index (χ4n) is 3.04. The number of ketones is 1. The van der Waals surface area contributed by atoms with Gasteiger partial charge in [-0.2, -0.15) is 18.3 Å². The van der Waals surface area contributed by atoms with Crippen molar-refractivity contribution in [2.45, 2.75) is 26.6 Å². The Labute approximate surface area is 180 Å². The number of fused-ring (bicyclic) bond motifs is 1. The summed E-state index contributed by atoms with van der Waals surface area (Å²) in [5, 5.41) is 3.60. The van der Waals surface area contributed by atoms with E-state index in [-0.39, 0.29) is 25.4 Å². The third-order valence-corrected chi connectivity index (χ3v) is 4.33. The number of ether oxygens (including phenoxy) is 4. The molecule has 1 aromatic carbocycles. The van der Waals surface area contributed by atoms with E-state index in [0.29, 0.717) is 22.8 Å². The number of rotatable bonds is 7. The van der Waals surface area contributed by atoms with Crippen LogP contribution < -0.4 is 9.47 Å². The van der Waals surface area contributed by atoms with Crippen LogP contribution in [0.5, 0.6) is 11.5 Å². The molecule has 0 bridgehead atoms. The van der Waals surface area contributed by atoms with Crippen LogP contribution >= 0.6 is 0 Å². The van der Waals surface area contributed by atoms with Crippen molar-refractivity contribution in [3.63, 3.8) is 0 Å². The first kappa shape index (κ1) is 23.1. The smallest absolute Gasteiger partial charge is 0.421 e. The zero-order chi connectivity index (χ0) is 23.5. The number of nitrogens with zero attached hydrogens (tertiary/aromatic N) is 2. The summed E-state index contributed by atoms with van der Waals surface area (Å²) in [6.07, 6.45) is -5.14. The van der Waals surface area contributed by atoms with Crippen molar-refractivity contribution in [1.29, 1.82) is 0 Å². The van der Waals surface area contributed by atoms with Crippen LogP contribution in [0.1, 0.15) is 50.7 Å². The summed E-state index contributed by atoms with van der Waals surface area (Å²) >= 11 is 0. The lowest BCUT2D eigenvalue weighted by atomic mass is 10.1. The van der Waals surface area contributed by atoms with E-state index in [9.17, 15) is 27.6 Å². The molecule has 0 saturated carbocycles. The highest BCUT2D eigenvalue weighted by atomic mass is 19.4. The van der Waals surface area contributed by atoms with E-state index in [1.165, 1.54) is 32.0 Å². The molecule has 0 atom stereocenters. The highest BCUT2D eigenvalue weighted by Gasteiger charge is 2.45. The van der Waals surface area contributed by atoms with Gasteiger partial charge in [0.15, 0.2) is 28.7 Å². The van der Waals surface area contributed by atoms with Crippen LogP contribution in [0.25, 0.3) is 0 Å². The molecule has 0 saturated heterocycles. The third-order valence-electron chi connectivity index (χ3n) is 4.33. The molecule has 3 rings (SSSR count). The maximum atomic E-state index is 13.8. The van der Waals surface area contributed by atoms with Crippen molar-refractivity contribution in [3.8, 4) is 11.5 Å². The van der Waals surface area contributed by atoms with Crippen molar-refractivity contribution < 1.29 is 46.5 Å². The Kier molecular flexibility index (Phi) is 6.70. The van der Waals surface area contributed by atoms with Gasteiger partial charge in [0.2, 0.25) is 0 Å². The zero-order valence-electron chi connectivity index (χ0n) is 17.2. The average Bonchev–Trinajstić information content (AvgIpc) is 3.13. The molecule has 2 heterocycles. The van der Waals surface area contributed by atoms with Crippen molar-refractivity contribution in [2.24, 2.45) is 0 Å². The van der Waals surface area contributed by atoms with Gasteiger partial charge in [0.25, 0.3) is 0 Å². The van der Waals surface area contributed by atoms with Gasteiger partial charge in [-0.25, -0.2) is 14.3 Å². The quantitative estimate of drug-likeness (QED) is 0.463. The number of alkyl halides is 3. The second kappa shape index (κ2) is 9.28. The Morgan fingerprint density at radius 2 is 1.66 bits per heavy atom. The maximum absolute atomic E-state index is 13.8. The fourth-order valence-corrected chi connectivity index (χ4v) is 3.04. The van der Waals surface area contributed by atoms with E-state index in [4.69, 9.17) is 14.2 Å². The first-order chi connectivity index (χ1) is 15.2. The predicted molar refractivity (Wildman–Crippen MR) is 101 cm³/mol. The zero-order valence-corrected chi connectivity index (χ0v) is 17.2. The van der Waals surface area contributed by atoms with Crippen molar-refractivity contribution in [3.05, 3.63) is 40.7 Å². The summed E-state index contributed by atoms with van der Waals surface area (Å²) in [7, 11) is 0. The first-order valence-corrected chi connectivity index (χ1v) is 9.62. The minimum atomic E-state index is -5.14. The lowest BCUT2D eigenvalue weighted by molar-refractivity contribution is -0.138. The van der Waals surface area contributed by atoms with Gasteiger partial charge in [-0.3, -0.25) is 4.79 Å². The molecule has 1 aliphatic heterocycles. The Bertz CT molecular complexity index is 1050. The van der Waals surface area contributed by atoms with Crippen LogP contribution in [0.2, 0.25) is 0 Å². The van der Waals surface area contributed by atoms with Gasteiger partial charge < -0.3 is 18.9 Å². The highest BCUT2D eigenvalue weighted by molar-refractivity contribution is 5.99. The van der Waals surface area contributed by atoms with Gasteiger partial charge >= 0.3 is 18.1 Å². The van der Waals surface area contributed by atoms with E-state index < -0.39 is 47.4 Å². The van der Waals surface area contributed by atoms with Crippen LogP contribution in [-0.2, 0) is 22.2 Å². The van der Waals surface area contributed by atoms with Gasteiger partial charge in [0.05, 0.1) is 13.2 Å². The summed E-state index contributed by atoms with van der Waals surface area (Å²) in [6, 6.07) is 4.27. The summed E-state index contributed by atoms with van der Waals surface area (Å²) < 4.78 is 62.0.